The summed E-state index contributed by atoms with van der Waals surface area (Å²) in [5.74, 6) is 0.795. The van der Waals surface area contributed by atoms with Gasteiger partial charge in [-0.1, -0.05) is 35.9 Å². The third-order valence-electron chi connectivity index (χ3n) is 3.19. The van der Waals surface area contributed by atoms with Gasteiger partial charge in [-0.05, 0) is 26.6 Å². The highest BCUT2D eigenvalue weighted by Crippen LogP contribution is 2.17. The molecule has 1 aromatic carbocycles. The number of guanidine groups is 1. The van der Waals surface area contributed by atoms with Gasteiger partial charge < -0.3 is 15.5 Å². The number of aryl methyl sites for hydroxylation is 1. The van der Waals surface area contributed by atoms with Crippen LogP contribution in [0.4, 0.5) is 0 Å². The largest absolute Gasteiger partial charge is 0.354 e. The van der Waals surface area contributed by atoms with E-state index in [1.54, 1.807) is 7.05 Å². The molecule has 0 saturated heterocycles. The van der Waals surface area contributed by atoms with Crippen LogP contribution in [0.15, 0.2) is 41.9 Å². The van der Waals surface area contributed by atoms with Crippen molar-refractivity contribution in [3.8, 4) is 0 Å². The average molecular weight is 274 g/mol. The van der Waals surface area contributed by atoms with Crippen molar-refractivity contribution in [3.63, 3.8) is 0 Å². The molecule has 0 amide bonds. The van der Waals surface area contributed by atoms with E-state index in [4.69, 9.17) is 0 Å². The van der Waals surface area contributed by atoms with Gasteiger partial charge in [0.1, 0.15) is 0 Å². The number of rotatable bonds is 6. The quantitative estimate of drug-likeness (QED) is 0.473. The molecule has 0 aliphatic heterocycles. The molecule has 110 valence electrons. The molecule has 0 radical (unpaired) electrons. The fraction of sp³-hybridized carbons (Fsp3) is 0.438. The van der Waals surface area contributed by atoms with Crippen LogP contribution in [0.2, 0.25) is 0 Å². The molecule has 0 heterocycles. The van der Waals surface area contributed by atoms with Gasteiger partial charge in [0.05, 0.1) is 6.04 Å². The van der Waals surface area contributed by atoms with Crippen molar-refractivity contribution in [2.45, 2.75) is 13.0 Å². The van der Waals surface area contributed by atoms with Crippen molar-refractivity contribution >= 4 is 5.96 Å². The molecule has 1 rings (SSSR count). The lowest BCUT2D eigenvalue weighted by Gasteiger charge is -2.26. The molecule has 0 aliphatic carbocycles. The Morgan fingerprint density at radius 3 is 2.45 bits per heavy atom. The zero-order chi connectivity index (χ0) is 15.0. The third-order valence-corrected chi connectivity index (χ3v) is 3.19. The molecule has 2 N–H and O–H groups in total. The van der Waals surface area contributed by atoms with Gasteiger partial charge in [0, 0.05) is 20.1 Å². The smallest absolute Gasteiger partial charge is 0.191 e. The summed E-state index contributed by atoms with van der Waals surface area (Å²) in [4.78, 5) is 6.40. The fourth-order valence-corrected chi connectivity index (χ4v) is 1.97. The number of hydrogen-bond donors (Lipinski definition) is 2. The molecule has 0 aromatic heterocycles. The second-order valence-electron chi connectivity index (χ2n) is 5.01. The molecule has 1 unspecified atom stereocenters. The maximum atomic E-state index is 4.19. The van der Waals surface area contributed by atoms with Gasteiger partial charge in [-0.3, -0.25) is 4.99 Å². The molecular weight excluding hydrogens is 248 g/mol. The van der Waals surface area contributed by atoms with Crippen molar-refractivity contribution in [2.75, 3.05) is 34.2 Å². The lowest BCUT2D eigenvalue weighted by molar-refractivity contribution is 0.298. The van der Waals surface area contributed by atoms with Crippen LogP contribution in [0.5, 0.6) is 0 Å². The minimum Gasteiger partial charge on any atom is -0.354 e. The number of aliphatic imine (C=N–C) groups is 1. The number of benzene rings is 1. The average Bonchev–Trinajstić information content (AvgIpc) is 2.44. The second-order valence-corrected chi connectivity index (χ2v) is 5.01. The Hall–Kier alpha value is -1.81. The molecular formula is C16H26N4. The lowest BCUT2D eigenvalue weighted by atomic mass is 10.0. The van der Waals surface area contributed by atoms with Crippen LogP contribution in [0.3, 0.4) is 0 Å². The summed E-state index contributed by atoms with van der Waals surface area (Å²) in [6, 6.07) is 8.97. The predicted octanol–water partition coefficient (Wildman–Crippen LogP) is 1.95. The Balaban J connectivity index is 2.68. The van der Waals surface area contributed by atoms with E-state index >= 15 is 0 Å². The van der Waals surface area contributed by atoms with Crippen molar-refractivity contribution in [1.29, 1.82) is 0 Å². The summed E-state index contributed by atoms with van der Waals surface area (Å²) in [6.45, 7) is 7.30. The van der Waals surface area contributed by atoms with Gasteiger partial charge in [-0.2, -0.15) is 0 Å². The van der Waals surface area contributed by atoms with E-state index in [9.17, 15) is 0 Å². The highest BCUT2D eigenvalue weighted by Gasteiger charge is 2.14. The molecule has 0 bridgehead atoms. The summed E-state index contributed by atoms with van der Waals surface area (Å²) in [6.07, 6.45) is 1.82. The Labute approximate surface area is 122 Å². The Bertz CT molecular complexity index is 434. The van der Waals surface area contributed by atoms with E-state index in [0.29, 0.717) is 12.6 Å². The van der Waals surface area contributed by atoms with E-state index in [-0.39, 0.29) is 0 Å². The highest BCUT2D eigenvalue weighted by molar-refractivity contribution is 5.79. The first-order valence-corrected chi connectivity index (χ1v) is 6.87. The molecule has 4 heteroatoms. The number of nitrogens with one attached hydrogen (secondary N) is 2. The Morgan fingerprint density at radius 2 is 1.95 bits per heavy atom. The SMILES string of the molecule is C=CCNC(=NC)NCC(c1ccc(C)cc1)N(C)C. The molecule has 0 fully saturated rings. The monoisotopic (exact) mass is 274 g/mol. The first-order valence-electron chi connectivity index (χ1n) is 6.87. The molecule has 4 nitrogen and oxygen atoms in total. The summed E-state index contributed by atoms with van der Waals surface area (Å²) in [7, 11) is 5.95. The van der Waals surface area contributed by atoms with Crippen LogP contribution < -0.4 is 10.6 Å². The lowest BCUT2D eigenvalue weighted by Crippen LogP contribution is -2.41. The molecule has 1 aromatic rings. The predicted molar refractivity (Wildman–Crippen MR) is 87.2 cm³/mol. The fourth-order valence-electron chi connectivity index (χ4n) is 1.97. The minimum atomic E-state index is 0.304. The van der Waals surface area contributed by atoms with Crippen LogP contribution in [-0.2, 0) is 0 Å². The second kappa shape index (κ2) is 8.38. The summed E-state index contributed by atoms with van der Waals surface area (Å²) in [5.41, 5.74) is 2.58. The van der Waals surface area contributed by atoms with Gasteiger partial charge in [0.2, 0.25) is 0 Å². The number of hydrogen-bond acceptors (Lipinski definition) is 2. The van der Waals surface area contributed by atoms with Crippen LogP contribution in [0.25, 0.3) is 0 Å². The molecule has 0 aliphatic rings. The van der Waals surface area contributed by atoms with Gasteiger partial charge in [0.15, 0.2) is 5.96 Å². The van der Waals surface area contributed by atoms with Crippen molar-refractivity contribution in [3.05, 3.63) is 48.0 Å². The minimum absolute atomic E-state index is 0.304. The van der Waals surface area contributed by atoms with E-state index in [1.165, 1.54) is 11.1 Å². The zero-order valence-corrected chi connectivity index (χ0v) is 13.0. The van der Waals surface area contributed by atoms with Gasteiger partial charge >= 0.3 is 0 Å². The molecule has 20 heavy (non-hydrogen) atoms. The summed E-state index contributed by atoms with van der Waals surface area (Å²) >= 11 is 0. The van der Waals surface area contributed by atoms with Crippen LogP contribution in [0, 0.1) is 6.92 Å². The molecule has 1 atom stereocenters. The van der Waals surface area contributed by atoms with Gasteiger partial charge in [0.25, 0.3) is 0 Å². The zero-order valence-electron chi connectivity index (χ0n) is 13.0. The van der Waals surface area contributed by atoms with Crippen molar-refractivity contribution in [2.24, 2.45) is 4.99 Å². The normalized spacial score (nSPS) is 13.2. The van der Waals surface area contributed by atoms with Gasteiger partial charge in [-0.15, -0.1) is 6.58 Å². The number of nitrogens with zero attached hydrogens (tertiary/aromatic N) is 2. The summed E-state index contributed by atoms with van der Waals surface area (Å²) < 4.78 is 0. The maximum absolute atomic E-state index is 4.19. The first kappa shape index (κ1) is 16.2. The van der Waals surface area contributed by atoms with Crippen LogP contribution in [0.1, 0.15) is 17.2 Å². The maximum Gasteiger partial charge on any atom is 0.191 e. The molecule has 0 spiro atoms. The van der Waals surface area contributed by atoms with E-state index in [1.807, 2.05) is 6.08 Å². The van der Waals surface area contributed by atoms with Gasteiger partial charge in [-0.25, -0.2) is 0 Å². The van der Waals surface area contributed by atoms with E-state index < -0.39 is 0 Å². The standard InChI is InChI=1S/C16H26N4/c1-6-11-18-16(17-3)19-12-15(20(4)5)14-9-7-13(2)8-10-14/h6-10,15H,1,11-12H2,2-5H3,(H2,17,18,19). The molecule has 0 saturated carbocycles. The van der Waals surface area contributed by atoms with Crippen LogP contribution >= 0.6 is 0 Å². The first-order chi connectivity index (χ1) is 9.58. The third kappa shape index (κ3) is 5.05. The topological polar surface area (TPSA) is 39.7 Å². The van der Waals surface area contributed by atoms with Crippen LogP contribution in [-0.4, -0.2) is 45.1 Å². The Kier molecular flexibility index (Phi) is 6.81. The number of likely N-dealkylation sites (N-methyl/N-ethyl adjacent to an activating group) is 1. The Morgan fingerprint density at radius 1 is 1.30 bits per heavy atom. The van der Waals surface area contributed by atoms with E-state index in [0.717, 1.165) is 12.5 Å². The van der Waals surface area contributed by atoms with E-state index in [2.05, 4.69) is 72.4 Å². The van der Waals surface area contributed by atoms with Crippen molar-refractivity contribution in [1.82, 2.24) is 15.5 Å². The highest BCUT2D eigenvalue weighted by atomic mass is 15.2. The van der Waals surface area contributed by atoms with Crippen molar-refractivity contribution < 1.29 is 0 Å². The summed E-state index contributed by atoms with van der Waals surface area (Å²) in [5, 5.41) is 6.52.